The van der Waals surface area contributed by atoms with Gasteiger partial charge in [-0.25, -0.2) is 9.78 Å². The fraction of sp³-hybridized carbons (Fsp3) is 0.290. The Kier molecular flexibility index (Phi) is 9.08. The largest absolute Gasteiger partial charge is 0.481 e. The molecule has 4 rings (SSSR count). The van der Waals surface area contributed by atoms with E-state index in [0.29, 0.717) is 11.1 Å². The molecule has 0 aliphatic carbocycles. The normalized spacial score (nSPS) is 17.7. The van der Waals surface area contributed by atoms with Gasteiger partial charge in [-0.15, -0.1) is 0 Å². The third-order valence-corrected chi connectivity index (χ3v) is 7.31. The van der Waals surface area contributed by atoms with Gasteiger partial charge in [-0.2, -0.15) is 0 Å². The molecule has 2 heterocycles. The average molecular weight is 589 g/mol. The summed E-state index contributed by atoms with van der Waals surface area (Å²) < 4.78 is 5.96. The number of carbonyl (C=O) groups excluding carboxylic acids is 3. The Hall–Kier alpha value is -5.26. The Bertz CT molecular complexity index is 1520. The average Bonchev–Trinajstić information content (AvgIpc) is 2.98. The van der Waals surface area contributed by atoms with Crippen molar-refractivity contribution in [1.29, 1.82) is 0 Å². The number of amides is 3. The van der Waals surface area contributed by atoms with Crippen molar-refractivity contribution in [3.05, 3.63) is 90.1 Å². The minimum atomic E-state index is -2.13. The molecule has 0 saturated heterocycles. The fourth-order valence-corrected chi connectivity index (χ4v) is 4.83. The number of hydrogen-bond acceptors (Lipinski definition) is 7. The number of carboxylic acids is 2. The lowest BCUT2D eigenvalue weighted by Gasteiger charge is -2.45. The molecule has 2 aromatic carbocycles. The summed E-state index contributed by atoms with van der Waals surface area (Å²) in [6.07, 6.45) is 0.509. The second kappa shape index (κ2) is 12.7. The molecule has 3 atom stereocenters. The second-order valence-electron chi connectivity index (χ2n) is 10.5. The molecule has 0 bridgehead atoms. The lowest BCUT2D eigenvalue weighted by molar-refractivity contribution is -0.164. The standard InChI is InChI=1S/C31H32N4O8/c1-30(18-20-10-5-3-6-11-20,27(40)33-22(26(38)39)15-16-24(36)37)35(19-21-12-7-4-8-13-21)29(42)31(2)28(41)34-25-23(43-31)14-9-17-32-25/h3-14,17,22H,15-16,18-19H2,1-2H3,(H,33,40)(H,36,37)(H,38,39)(H,32,34,41)/t22-,30-,31?/m1/s1. The van der Waals surface area contributed by atoms with Crippen molar-refractivity contribution in [1.82, 2.24) is 15.2 Å². The van der Waals surface area contributed by atoms with Crippen molar-refractivity contribution in [2.75, 3.05) is 5.32 Å². The fourth-order valence-electron chi connectivity index (χ4n) is 4.83. The smallest absolute Gasteiger partial charge is 0.326 e. The number of nitrogens with one attached hydrogen (secondary N) is 2. The lowest BCUT2D eigenvalue weighted by Crippen LogP contribution is -2.68. The number of ether oxygens (including phenoxy) is 1. The van der Waals surface area contributed by atoms with Gasteiger partial charge in [-0.1, -0.05) is 60.7 Å². The molecule has 12 heteroatoms. The van der Waals surface area contributed by atoms with E-state index in [1.165, 1.54) is 24.9 Å². The Labute approximate surface area is 247 Å². The van der Waals surface area contributed by atoms with Crippen LogP contribution in [0.3, 0.4) is 0 Å². The Morgan fingerprint density at radius 3 is 2.23 bits per heavy atom. The summed E-state index contributed by atoms with van der Waals surface area (Å²) in [5.74, 6) is -4.85. The molecule has 0 fully saturated rings. The SMILES string of the molecule is CC1(C(=O)N(Cc2ccccc2)[C@](C)(Cc2ccccc2)C(=O)N[C@H](CCC(=O)O)C(=O)O)Oc2cccnc2NC1=O. The van der Waals surface area contributed by atoms with E-state index in [9.17, 15) is 29.1 Å². The van der Waals surface area contributed by atoms with E-state index in [1.54, 1.807) is 72.8 Å². The Morgan fingerprint density at radius 1 is 1.00 bits per heavy atom. The zero-order valence-electron chi connectivity index (χ0n) is 23.6. The summed E-state index contributed by atoms with van der Waals surface area (Å²) in [6.45, 7) is 2.63. The second-order valence-corrected chi connectivity index (χ2v) is 10.5. The molecule has 0 saturated carbocycles. The monoisotopic (exact) mass is 588 g/mol. The van der Waals surface area contributed by atoms with Crippen LogP contribution >= 0.6 is 0 Å². The van der Waals surface area contributed by atoms with Crippen LogP contribution in [0.15, 0.2) is 79.0 Å². The van der Waals surface area contributed by atoms with Crippen LogP contribution in [0.1, 0.15) is 37.8 Å². The number of aliphatic carboxylic acids is 2. The molecule has 1 aliphatic heterocycles. The first-order valence-electron chi connectivity index (χ1n) is 13.5. The quantitative estimate of drug-likeness (QED) is 0.232. The van der Waals surface area contributed by atoms with Crippen molar-refractivity contribution < 1.29 is 38.9 Å². The van der Waals surface area contributed by atoms with E-state index in [1.807, 2.05) is 0 Å². The molecule has 1 aliphatic rings. The lowest BCUT2D eigenvalue weighted by atomic mass is 9.86. The summed E-state index contributed by atoms with van der Waals surface area (Å²) in [7, 11) is 0. The molecular weight excluding hydrogens is 556 g/mol. The van der Waals surface area contributed by atoms with Gasteiger partial charge in [0.15, 0.2) is 11.6 Å². The number of nitrogens with zero attached hydrogens (tertiary/aromatic N) is 2. The number of carboxylic acid groups (broad SMARTS) is 2. The van der Waals surface area contributed by atoms with Crippen LogP contribution < -0.4 is 15.4 Å². The zero-order chi connectivity index (χ0) is 31.2. The summed E-state index contributed by atoms with van der Waals surface area (Å²) in [6, 6.07) is 19.2. The van der Waals surface area contributed by atoms with Crippen molar-refractivity contribution in [3.8, 4) is 5.75 Å². The van der Waals surface area contributed by atoms with Crippen LogP contribution in [-0.2, 0) is 36.9 Å². The van der Waals surface area contributed by atoms with Gasteiger partial charge in [-0.3, -0.25) is 19.2 Å². The van der Waals surface area contributed by atoms with E-state index in [0.717, 1.165) is 0 Å². The molecule has 0 spiro atoms. The first-order chi connectivity index (χ1) is 20.4. The molecule has 1 aromatic heterocycles. The number of rotatable bonds is 12. The minimum Gasteiger partial charge on any atom is -0.481 e. The molecule has 3 amide bonds. The molecule has 3 aromatic rings. The van der Waals surface area contributed by atoms with Gasteiger partial charge in [0.2, 0.25) is 5.91 Å². The van der Waals surface area contributed by atoms with Gasteiger partial charge < -0.3 is 30.5 Å². The Morgan fingerprint density at radius 2 is 1.63 bits per heavy atom. The van der Waals surface area contributed by atoms with Gasteiger partial charge in [0, 0.05) is 25.6 Å². The number of carbonyl (C=O) groups is 5. The van der Waals surface area contributed by atoms with Crippen LogP contribution in [0, 0.1) is 0 Å². The molecule has 224 valence electrons. The van der Waals surface area contributed by atoms with Gasteiger partial charge in [0.1, 0.15) is 11.6 Å². The van der Waals surface area contributed by atoms with Crippen molar-refractivity contribution >= 4 is 35.5 Å². The third kappa shape index (κ3) is 6.80. The predicted molar refractivity (Wildman–Crippen MR) is 154 cm³/mol. The van der Waals surface area contributed by atoms with Crippen LogP contribution in [0.4, 0.5) is 5.82 Å². The topological polar surface area (TPSA) is 175 Å². The summed E-state index contributed by atoms with van der Waals surface area (Å²) >= 11 is 0. The molecule has 0 radical (unpaired) electrons. The number of fused-ring (bicyclic) bond motifs is 1. The first kappa shape index (κ1) is 30.7. The van der Waals surface area contributed by atoms with Crippen LogP contribution in [-0.4, -0.2) is 66.9 Å². The maximum absolute atomic E-state index is 14.6. The number of anilines is 1. The number of aromatic nitrogens is 1. The van der Waals surface area contributed by atoms with Gasteiger partial charge in [0.25, 0.3) is 17.4 Å². The molecular formula is C31H32N4O8. The summed E-state index contributed by atoms with van der Waals surface area (Å²) in [5.41, 5.74) is -2.63. The van der Waals surface area contributed by atoms with Crippen molar-refractivity contribution in [2.45, 2.75) is 56.8 Å². The minimum absolute atomic E-state index is 0.0701. The van der Waals surface area contributed by atoms with Gasteiger partial charge in [-0.05, 0) is 43.5 Å². The highest BCUT2D eigenvalue weighted by atomic mass is 16.5. The molecule has 12 nitrogen and oxygen atoms in total. The van der Waals surface area contributed by atoms with E-state index in [2.05, 4.69) is 15.6 Å². The van der Waals surface area contributed by atoms with Crippen molar-refractivity contribution in [2.24, 2.45) is 0 Å². The van der Waals surface area contributed by atoms with Crippen molar-refractivity contribution in [3.63, 3.8) is 0 Å². The van der Waals surface area contributed by atoms with Gasteiger partial charge in [0.05, 0.1) is 0 Å². The number of hydrogen-bond donors (Lipinski definition) is 4. The first-order valence-corrected chi connectivity index (χ1v) is 13.5. The van der Waals surface area contributed by atoms with E-state index in [4.69, 9.17) is 9.84 Å². The van der Waals surface area contributed by atoms with E-state index >= 15 is 0 Å². The van der Waals surface area contributed by atoms with Crippen LogP contribution in [0.25, 0.3) is 0 Å². The highest BCUT2D eigenvalue weighted by molar-refractivity contribution is 6.15. The number of pyridine rings is 1. The zero-order valence-corrected chi connectivity index (χ0v) is 23.6. The highest BCUT2D eigenvalue weighted by Gasteiger charge is 2.55. The number of benzene rings is 2. The molecule has 4 N–H and O–H groups in total. The Balaban J connectivity index is 1.81. The van der Waals surface area contributed by atoms with E-state index in [-0.39, 0.29) is 31.0 Å². The predicted octanol–water partition coefficient (Wildman–Crippen LogP) is 2.64. The maximum atomic E-state index is 14.6. The molecule has 43 heavy (non-hydrogen) atoms. The van der Waals surface area contributed by atoms with E-state index < -0.39 is 53.3 Å². The van der Waals surface area contributed by atoms with Crippen LogP contribution in [0.2, 0.25) is 0 Å². The summed E-state index contributed by atoms with van der Waals surface area (Å²) in [4.78, 5) is 70.6. The summed E-state index contributed by atoms with van der Waals surface area (Å²) in [5, 5.41) is 23.9. The highest BCUT2D eigenvalue weighted by Crippen LogP contribution is 2.35. The molecule has 1 unspecified atom stereocenters. The van der Waals surface area contributed by atoms with Crippen LogP contribution in [0.5, 0.6) is 5.75 Å². The third-order valence-electron chi connectivity index (χ3n) is 7.31. The van der Waals surface area contributed by atoms with Gasteiger partial charge >= 0.3 is 11.9 Å². The maximum Gasteiger partial charge on any atom is 0.326 e.